The van der Waals surface area contributed by atoms with Crippen LogP contribution in [-0.2, 0) is 10.4 Å². The molecule has 1 N–H and O–H groups in total. The van der Waals surface area contributed by atoms with E-state index < -0.39 is 5.60 Å². The van der Waals surface area contributed by atoms with E-state index in [0.717, 1.165) is 28.1 Å². The number of aromatic nitrogens is 1. The summed E-state index contributed by atoms with van der Waals surface area (Å²) in [4.78, 5) is 16.3. The van der Waals surface area contributed by atoms with Gasteiger partial charge in [-0.3, -0.25) is 9.78 Å². The number of carbonyl (C=O) groups is 1. The summed E-state index contributed by atoms with van der Waals surface area (Å²) in [5.41, 5.74) is 4.60. The highest BCUT2D eigenvalue weighted by Gasteiger charge is 2.35. The number of fused-ring (bicyclic) bond motifs is 3. The quantitative estimate of drug-likeness (QED) is 0.535. The van der Waals surface area contributed by atoms with Crippen molar-refractivity contribution in [2.45, 2.75) is 78.7 Å². The highest BCUT2D eigenvalue weighted by molar-refractivity contribution is 5.97. The minimum atomic E-state index is -0.451. The van der Waals surface area contributed by atoms with Crippen molar-refractivity contribution < 1.29 is 9.53 Å². The molecule has 4 heteroatoms. The fraction of sp³-hybridized carbons (Fsp3) is 0.520. The van der Waals surface area contributed by atoms with Gasteiger partial charge in [0.05, 0.1) is 5.69 Å². The second-order valence-electron chi connectivity index (χ2n) is 8.92. The molecule has 0 bridgehead atoms. The summed E-state index contributed by atoms with van der Waals surface area (Å²) in [6.45, 7) is 12.5. The molecule has 1 aromatic carbocycles. The number of anilines is 1. The minimum Gasteiger partial charge on any atom is -0.482 e. The Balaban J connectivity index is 2.07. The smallest absolute Gasteiger partial charge is 0.221 e. The highest BCUT2D eigenvalue weighted by Crippen LogP contribution is 2.49. The Morgan fingerprint density at radius 3 is 2.69 bits per heavy atom. The van der Waals surface area contributed by atoms with Gasteiger partial charge in [-0.25, -0.2) is 0 Å². The molecule has 1 aliphatic heterocycles. The predicted molar refractivity (Wildman–Crippen MR) is 119 cm³/mol. The lowest BCUT2D eigenvalue weighted by Gasteiger charge is -2.36. The first-order valence-corrected chi connectivity index (χ1v) is 10.8. The number of ether oxygens (including phenoxy) is 1. The number of hydrogen-bond acceptors (Lipinski definition) is 3. The Bertz CT molecular complexity index is 888. The van der Waals surface area contributed by atoms with Crippen LogP contribution in [0, 0.1) is 5.92 Å². The molecule has 1 aliphatic rings. The van der Waals surface area contributed by atoms with E-state index >= 15 is 0 Å². The predicted octanol–water partition coefficient (Wildman–Crippen LogP) is 6.65. The Kier molecular flexibility index (Phi) is 6.30. The number of nitrogens with zero attached hydrogens (tertiary/aromatic N) is 1. The van der Waals surface area contributed by atoms with Crippen LogP contribution in [0.3, 0.4) is 0 Å². The third-order valence-electron chi connectivity index (χ3n) is 6.18. The van der Waals surface area contributed by atoms with Gasteiger partial charge in [-0.05, 0) is 49.4 Å². The standard InChI is InChI=1S/C25H34N2O2/c1-7-8-9-10-16(2)17(3)19-13-22(27-18(4)28)24-20-15-26-12-11-21(20)25(5,6)29-23(24)14-19/h11-17H,7-10H2,1-6H3,(H,27,28). The summed E-state index contributed by atoms with van der Waals surface area (Å²) in [7, 11) is 0. The fourth-order valence-electron chi connectivity index (χ4n) is 4.29. The Morgan fingerprint density at radius 2 is 2.00 bits per heavy atom. The molecule has 2 unspecified atom stereocenters. The number of amides is 1. The number of pyridine rings is 1. The molecule has 2 aromatic rings. The SMILES string of the molecule is CCCCCC(C)C(C)c1cc(NC(C)=O)c2c(c1)OC(C)(C)c1ccncc1-2. The maximum atomic E-state index is 12.0. The highest BCUT2D eigenvalue weighted by atomic mass is 16.5. The zero-order chi connectivity index (χ0) is 21.2. The molecule has 156 valence electrons. The normalized spacial score (nSPS) is 16.2. The number of nitrogens with one attached hydrogen (secondary N) is 1. The molecule has 0 saturated heterocycles. The van der Waals surface area contributed by atoms with Crippen LogP contribution in [-0.4, -0.2) is 10.9 Å². The maximum Gasteiger partial charge on any atom is 0.221 e. The molecule has 29 heavy (non-hydrogen) atoms. The Morgan fingerprint density at radius 1 is 1.24 bits per heavy atom. The molecular formula is C25H34N2O2. The van der Waals surface area contributed by atoms with Gasteiger partial charge >= 0.3 is 0 Å². The van der Waals surface area contributed by atoms with Crippen molar-refractivity contribution in [3.63, 3.8) is 0 Å². The maximum absolute atomic E-state index is 12.0. The molecule has 2 atom stereocenters. The van der Waals surface area contributed by atoms with Crippen molar-refractivity contribution in [1.82, 2.24) is 4.98 Å². The molecular weight excluding hydrogens is 360 g/mol. The summed E-state index contributed by atoms with van der Waals surface area (Å²) < 4.78 is 6.46. The van der Waals surface area contributed by atoms with E-state index in [4.69, 9.17) is 4.74 Å². The summed E-state index contributed by atoms with van der Waals surface area (Å²) in [6, 6.07) is 6.29. The molecule has 0 saturated carbocycles. The van der Waals surface area contributed by atoms with Gasteiger partial charge in [0.15, 0.2) is 0 Å². The third kappa shape index (κ3) is 4.47. The Labute approximate surface area is 175 Å². The van der Waals surface area contributed by atoms with Gasteiger partial charge in [0.1, 0.15) is 11.4 Å². The van der Waals surface area contributed by atoms with E-state index in [2.05, 4.69) is 57.1 Å². The number of carbonyl (C=O) groups excluding carboxylic acids is 1. The van der Waals surface area contributed by atoms with Crippen molar-refractivity contribution in [3.05, 3.63) is 41.7 Å². The molecule has 3 rings (SSSR count). The monoisotopic (exact) mass is 394 g/mol. The van der Waals surface area contributed by atoms with E-state index in [1.165, 1.54) is 31.2 Å². The zero-order valence-corrected chi connectivity index (χ0v) is 18.6. The first-order valence-electron chi connectivity index (χ1n) is 10.8. The van der Waals surface area contributed by atoms with E-state index in [1.54, 1.807) is 13.1 Å². The first kappa shape index (κ1) is 21.4. The van der Waals surface area contributed by atoms with E-state index in [-0.39, 0.29) is 5.91 Å². The van der Waals surface area contributed by atoms with E-state index in [9.17, 15) is 4.79 Å². The van der Waals surface area contributed by atoms with Gasteiger partial charge in [-0.1, -0.05) is 46.5 Å². The van der Waals surface area contributed by atoms with Crippen LogP contribution in [0.2, 0.25) is 0 Å². The van der Waals surface area contributed by atoms with Crippen molar-refractivity contribution in [2.75, 3.05) is 5.32 Å². The van der Waals surface area contributed by atoms with Crippen LogP contribution in [0.4, 0.5) is 5.69 Å². The molecule has 0 radical (unpaired) electrons. The number of unbranched alkanes of at least 4 members (excludes halogenated alkanes) is 2. The summed E-state index contributed by atoms with van der Waals surface area (Å²) in [6.07, 6.45) is 8.65. The van der Waals surface area contributed by atoms with Gasteiger partial charge in [0.2, 0.25) is 5.91 Å². The van der Waals surface area contributed by atoms with Crippen molar-refractivity contribution in [3.8, 4) is 16.9 Å². The van der Waals surface area contributed by atoms with Crippen molar-refractivity contribution in [1.29, 1.82) is 0 Å². The molecule has 0 spiro atoms. The van der Waals surface area contributed by atoms with Gasteiger partial charge in [-0.15, -0.1) is 0 Å². The molecule has 0 aliphatic carbocycles. The summed E-state index contributed by atoms with van der Waals surface area (Å²) in [5.74, 6) is 1.69. The van der Waals surface area contributed by atoms with Crippen molar-refractivity contribution in [2.24, 2.45) is 5.92 Å². The average Bonchev–Trinajstić information content (AvgIpc) is 2.66. The summed E-state index contributed by atoms with van der Waals surface area (Å²) >= 11 is 0. The van der Waals surface area contributed by atoms with Crippen molar-refractivity contribution >= 4 is 11.6 Å². The fourth-order valence-corrected chi connectivity index (χ4v) is 4.29. The molecule has 4 nitrogen and oxygen atoms in total. The van der Waals surface area contributed by atoms with E-state index in [0.29, 0.717) is 11.8 Å². The molecule has 1 aromatic heterocycles. The minimum absolute atomic E-state index is 0.0803. The molecule has 1 amide bonds. The first-order chi connectivity index (χ1) is 13.7. The summed E-state index contributed by atoms with van der Waals surface area (Å²) in [5, 5.41) is 3.04. The van der Waals surface area contributed by atoms with Gasteiger partial charge < -0.3 is 10.1 Å². The van der Waals surface area contributed by atoms with Crippen LogP contribution in [0.15, 0.2) is 30.6 Å². The zero-order valence-electron chi connectivity index (χ0n) is 18.6. The van der Waals surface area contributed by atoms with Crippen LogP contribution >= 0.6 is 0 Å². The molecule has 2 heterocycles. The number of rotatable bonds is 7. The molecule has 0 fully saturated rings. The van der Waals surface area contributed by atoms with E-state index in [1.807, 2.05) is 12.3 Å². The average molecular weight is 395 g/mol. The number of benzene rings is 1. The second-order valence-corrected chi connectivity index (χ2v) is 8.92. The number of hydrogen-bond donors (Lipinski definition) is 1. The van der Waals surface area contributed by atoms with Gasteiger partial charge in [0.25, 0.3) is 0 Å². The topological polar surface area (TPSA) is 51.2 Å². The lowest BCUT2D eigenvalue weighted by atomic mass is 9.82. The van der Waals surface area contributed by atoms with Crippen LogP contribution in [0.25, 0.3) is 11.1 Å². The lowest BCUT2D eigenvalue weighted by Crippen LogP contribution is -2.30. The van der Waals surface area contributed by atoms with Crippen LogP contribution < -0.4 is 10.1 Å². The second kappa shape index (κ2) is 8.56. The van der Waals surface area contributed by atoms with Gasteiger partial charge in [-0.2, -0.15) is 0 Å². The van der Waals surface area contributed by atoms with Gasteiger partial charge in [0, 0.05) is 36.0 Å². The van der Waals surface area contributed by atoms with Crippen LogP contribution in [0.5, 0.6) is 5.75 Å². The van der Waals surface area contributed by atoms with Crippen LogP contribution in [0.1, 0.15) is 84.3 Å². The third-order valence-corrected chi connectivity index (χ3v) is 6.18. The lowest BCUT2D eigenvalue weighted by molar-refractivity contribution is -0.114. The Hall–Kier alpha value is -2.36. The largest absolute Gasteiger partial charge is 0.482 e.